The smallest absolute Gasteiger partial charge is 0.134 e. The summed E-state index contributed by atoms with van der Waals surface area (Å²) in [4.78, 5) is 1.02. The predicted octanol–water partition coefficient (Wildman–Crippen LogP) is 1.78. The summed E-state index contributed by atoms with van der Waals surface area (Å²) in [6.45, 7) is 0. The van der Waals surface area contributed by atoms with Crippen molar-refractivity contribution in [2.75, 3.05) is 7.11 Å². The molecule has 2 N–H and O–H groups in total. The third-order valence-corrected chi connectivity index (χ3v) is 2.58. The molecule has 1 atom stereocenters. The molecule has 0 saturated carbocycles. The Kier molecular flexibility index (Phi) is 3.15. The fraction of sp³-hybridized carbons (Fsp3) is 0.333. The van der Waals surface area contributed by atoms with Crippen molar-refractivity contribution in [2.45, 2.75) is 12.5 Å². The predicted molar refractivity (Wildman–Crippen MR) is 51.2 cm³/mol. The number of terminal acetylenes is 1. The zero-order valence-corrected chi connectivity index (χ0v) is 7.73. The molecule has 2 nitrogen and oxygen atoms in total. The maximum absolute atomic E-state index is 5.81. The first-order chi connectivity index (χ1) is 5.79. The molecular formula is C9H11NOS. The first kappa shape index (κ1) is 9.11. The normalized spacial score (nSPS) is 12.1. The highest BCUT2D eigenvalue weighted by atomic mass is 32.1. The van der Waals surface area contributed by atoms with E-state index in [9.17, 15) is 0 Å². The minimum Gasteiger partial charge on any atom is -0.496 e. The molecule has 0 aliphatic heterocycles. The molecule has 1 aromatic heterocycles. The average molecular weight is 181 g/mol. The number of hydrogen-bond acceptors (Lipinski definition) is 3. The summed E-state index contributed by atoms with van der Waals surface area (Å²) in [5, 5.41) is 1.95. The van der Waals surface area contributed by atoms with Crippen LogP contribution in [-0.2, 0) is 0 Å². The van der Waals surface area contributed by atoms with Crippen LogP contribution in [0.1, 0.15) is 17.3 Å². The van der Waals surface area contributed by atoms with Crippen molar-refractivity contribution in [3.05, 3.63) is 16.3 Å². The van der Waals surface area contributed by atoms with Crippen LogP contribution >= 0.6 is 11.3 Å². The summed E-state index contributed by atoms with van der Waals surface area (Å²) in [5.41, 5.74) is 5.81. The van der Waals surface area contributed by atoms with E-state index in [1.807, 2.05) is 11.4 Å². The van der Waals surface area contributed by atoms with Crippen LogP contribution in [0.3, 0.4) is 0 Å². The fourth-order valence-electron chi connectivity index (χ4n) is 0.968. The first-order valence-corrected chi connectivity index (χ1v) is 4.48. The molecule has 1 aromatic rings. The van der Waals surface area contributed by atoms with Crippen LogP contribution in [0.4, 0.5) is 0 Å². The van der Waals surface area contributed by atoms with Crippen LogP contribution < -0.4 is 10.5 Å². The summed E-state index contributed by atoms with van der Waals surface area (Å²) >= 11 is 1.58. The van der Waals surface area contributed by atoms with Gasteiger partial charge in [0.15, 0.2) is 0 Å². The minimum absolute atomic E-state index is 0.0926. The van der Waals surface area contributed by atoms with Gasteiger partial charge < -0.3 is 10.5 Å². The SMILES string of the molecule is C#CCC(N)c1sccc1OC. The van der Waals surface area contributed by atoms with Crippen molar-refractivity contribution in [1.82, 2.24) is 0 Å². The zero-order chi connectivity index (χ0) is 8.97. The highest BCUT2D eigenvalue weighted by Gasteiger charge is 2.11. The molecule has 0 spiro atoms. The third kappa shape index (κ3) is 1.79. The van der Waals surface area contributed by atoms with Gasteiger partial charge in [0, 0.05) is 6.42 Å². The van der Waals surface area contributed by atoms with Crippen molar-refractivity contribution in [1.29, 1.82) is 0 Å². The van der Waals surface area contributed by atoms with E-state index in [2.05, 4.69) is 5.92 Å². The van der Waals surface area contributed by atoms with Crippen LogP contribution in [0.2, 0.25) is 0 Å². The molecule has 1 unspecified atom stereocenters. The number of hydrogen-bond donors (Lipinski definition) is 1. The maximum atomic E-state index is 5.81. The molecule has 12 heavy (non-hydrogen) atoms. The first-order valence-electron chi connectivity index (χ1n) is 3.60. The quantitative estimate of drug-likeness (QED) is 0.721. The summed E-state index contributed by atoms with van der Waals surface area (Å²) in [5.74, 6) is 3.37. The summed E-state index contributed by atoms with van der Waals surface area (Å²) in [7, 11) is 1.63. The van der Waals surface area contributed by atoms with Crippen molar-refractivity contribution in [3.63, 3.8) is 0 Å². The Morgan fingerprint density at radius 1 is 1.83 bits per heavy atom. The Hall–Kier alpha value is -0.980. The fourth-order valence-corrected chi connectivity index (χ4v) is 1.83. The molecule has 0 amide bonds. The molecule has 0 saturated heterocycles. The third-order valence-electron chi connectivity index (χ3n) is 1.55. The number of rotatable bonds is 3. The van der Waals surface area contributed by atoms with Gasteiger partial charge in [0.25, 0.3) is 0 Å². The number of thiophene rings is 1. The van der Waals surface area contributed by atoms with E-state index in [4.69, 9.17) is 16.9 Å². The molecule has 0 aromatic carbocycles. The molecule has 64 valence electrons. The van der Waals surface area contributed by atoms with E-state index in [1.165, 1.54) is 0 Å². The van der Waals surface area contributed by atoms with Gasteiger partial charge in [-0.2, -0.15) is 0 Å². The zero-order valence-electron chi connectivity index (χ0n) is 6.91. The second kappa shape index (κ2) is 4.15. The standard InChI is InChI=1S/C9H11NOS/c1-3-4-7(10)9-8(11-2)5-6-12-9/h1,5-7H,4,10H2,2H3. The van der Waals surface area contributed by atoms with Gasteiger partial charge in [-0.15, -0.1) is 23.7 Å². The van der Waals surface area contributed by atoms with Crippen LogP contribution in [-0.4, -0.2) is 7.11 Å². The Morgan fingerprint density at radius 3 is 3.17 bits per heavy atom. The largest absolute Gasteiger partial charge is 0.496 e. The van der Waals surface area contributed by atoms with Crippen LogP contribution in [0, 0.1) is 12.3 Å². The average Bonchev–Trinajstić information content (AvgIpc) is 2.51. The van der Waals surface area contributed by atoms with Gasteiger partial charge in [-0.05, 0) is 11.4 Å². The van der Waals surface area contributed by atoms with E-state index in [0.717, 1.165) is 10.6 Å². The van der Waals surface area contributed by atoms with E-state index < -0.39 is 0 Å². The Labute approximate surface area is 76.3 Å². The van der Waals surface area contributed by atoms with Crippen molar-refractivity contribution in [2.24, 2.45) is 5.73 Å². The lowest BCUT2D eigenvalue weighted by Crippen LogP contribution is -2.08. The van der Waals surface area contributed by atoms with Gasteiger partial charge in [-0.1, -0.05) is 0 Å². The van der Waals surface area contributed by atoms with Gasteiger partial charge in [-0.25, -0.2) is 0 Å². The maximum Gasteiger partial charge on any atom is 0.134 e. The molecule has 0 radical (unpaired) electrons. The van der Waals surface area contributed by atoms with Gasteiger partial charge in [0.2, 0.25) is 0 Å². The second-order valence-electron chi connectivity index (χ2n) is 2.37. The summed E-state index contributed by atoms with van der Waals surface area (Å²) in [6.07, 6.45) is 5.71. The van der Waals surface area contributed by atoms with E-state index in [0.29, 0.717) is 6.42 Å². The van der Waals surface area contributed by atoms with Crippen LogP contribution in [0.5, 0.6) is 5.75 Å². The highest BCUT2D eigenvalue weighted by molar-refractivity contribution is 7.10. The van der Waals surface area contributed by atoms with Gasteiger partial charge in [0.05, 0.1) is 18.0 Å². The topological polar surface area (TPSA) is 35.2 Å². The Bertz CT molecular complexity index is 287. The second-order valence-corrected chi connectivity index (χ2v) is 3.32. The molecular weight excluding hydrogens is 170 g/mol. The Morgan fingerprint density at radius 2 is 2.58 bits per heavy atom. The van der Waals surface area contributed by atoms with E-state index >= 15 is 0 Å². The number of nitrogens with two attached hydrogens (primary N) is 1. The van der Waals surface area contributed by atoms with E-state index in [1.54, 1.807) is 18.4 Å². The number of ether oxygens (including phenoxy) is 1. The van der Waals surface area contributed by atoms with Crippen molar-refractivity contribution in [3.8, 4) is 18.1 Å². The molecule has 0 aliphatic carbocycles. The molecule has 0 fully saturated rings. The highest BCUT2D eigenvalue weighted by Crippen LogP contribution is 2.30. The lowest BCUT2D eigenvalue weighted by atomic mass is 10.2. The lowest BCUT2D eigenvalue weighted by Gasteiger charge is -2.07. The van der Waals surface area contributed by atoms with E-state index in [-0.39, 0.29) is 6.04 Å². The van der Waals surface area contributed by atoms with Gasteiger partial charge >= 0.3 is 0 Å². The molecule has 1 heterocycles. The Balaban J connectivity index is 2.80. The summed E-state index contributed by atoms with van der Waals surface area (Å²) in [6, 6.07) is 1.81. The van der Waals surface area contributed by atoms with Gasteiger partial charge in [-0.3, -0.25) is 0 Å². The molecule has 0 aliphatic rings. The number of methoxy groups -OCH3 is 1. The molecule has 0 bridgehead atoms. The van der Waals surface area contributed by atoms with Crippen molar-refractivity contribution < 1.29 is 4.74 Å². The molecule has 3 heteroatoms. The van der Waals surface area contributed by atoms with Gasteiger partial charge in [0.1, 0.15) is 5.75 Å². The van der Waals surface area contributed by atoms with Crippen molar-refractivity contribution >= 4 is 11.3 Å². The lowest BCUT2D eigenvalue weighted by molar-refractivity contribution is 0.409. The summed E-state index contributed by atoms with van der Waals surface area (Å²) < 4.78 is 5.11. The molecule has 1 rings (SSSR count). The minimum atomic E-state index is -0.0926. The van der Waals surface area contributed by atoms with Crippen LogP contribution in [0.15, 0.2) is 11.4 Å². The monoisotopic (exact) mass is 181 g/mol. The van der Waals surface area contributed by atoms with Crippen LogP contribution in [0.25, 0.3) is 0 Å².